The molecule has 2 atom stereocenters. The van der Waals surface area contributed by atoms with Gasteiger partial charge in [0, 0.05) is 36.3 Å². The van der Waals surface area contributed by atoms with Gasteiger partial charge in [-0.25, -0.2) is 10.1 Å². The predicted octanol–water partition coefficient (Wildman–Crippen LogP) is 2.91. The van der Waals surface area contributed by atoms with Gasteiger partial charge in [0.25, 0.3) is 11.8 Å². The number of hydroxylamine groups is 2. The topological polar surface area (TPSA) is 170 Å². The van der Waals surface area contributed by atoms with Crippen molar-refractivity contribution in [3.05, 3.63) is 47.5 Å². The average Bonchev–Trinajstić information content (AvgIpc) is 3.36. The van der Waals surface area contributed by atoms with E-state index < -0.39 is 35.8 Å². The van der Waals surface area contributed by atoms with Crippen molar-refractivity contribution in [2.75, 3.05) is 11.9 Å². The maximum atomic E-state index is 12.5. The van der Waals surface area contributed by atoms with Crippen molar-refractivity contribution in [2.24, 2.45) is 0 Å². The lowest BCUT2D eigenvalue weighted by molar-refractivity contribution is -0.432. The minimum atomic E-state index is -1.22. The fraction of sp³-hybridized carbons (Fsp3) is 0.292. The monoisotopic (exact) mass is 545 g/mol. The Kier molecular flexibility index (Phi) is 8.26. The molecule has 0 radical (unpaired) electrons. The minimum absolute atomic E-state index is 0.0510. The van der Waals surface area contributed by atoms with Crippen LogP contribution in [-0.2, 0) is 38.1 Å². The summed E-state index contributed by atoms with van der Waals surface area (Å²) in [7, 11) is 0. The van der Waals surface area contributed by atoms with Gasteiger partial charge in [-0.3, -0.25) is 24.0 Å². The van der Waals surface area contributed by atoms with Crippen LogP contribution >= 0.6 is 12.0 Å². The van der Waals surface area contributed by atoms with Gasteiger partial charge in [-0.15, -0.1) is 4.33 Å². The Hall–Kier alpha value is -3.98. The van der Waals surface area contributed by atoms with E-state index in [0.29, 0.717) is 21.2 Å². The number of amides is 4. The Morgan fingerprint density at radius 2 is 1.74 bits per heavy atom. The van der Waals surface area contributed by atoms with Crippen molar-refractivity contribution in [3.63, 3.8) is 0 Å². The van der Waals surface area contributed by atoms with Crippen molar-refractivity contribution in [1.29, 1.82) is 0 Å². The van der Waals surface area contributed by atoms with Gasteiger partial charge in [0.2, 0.25) is 11.8 Å². The van der Waals surface area contributed by atoms with Crippen LogP contribution in [0.4, 0.5) is 10.5 Å². The van der Waals surface area contributed by atoms with Crippen molar-refractivity contribution in [1.82, 2.24) is 10.4 Å². The van der Waals surface area contributed by atoms with Gasteiger partial charge in [-0.1, -0.05) is 22.2 Å². The zero-order chi connectivity index (χ0) is 27.4. The molecule has 1 fully saturated rings. The first-order valence-electron chi connectivity index (χ1n) is 11.4. The number of fused-ring (bicyclic) bond motifs is 3. The van der Waals surface area contributed by atoms with E-state index in [-0.39, 0.29) is 25.4 Å². The van der Waals surface area contributed by atoms with Gasteiger partial charge in [0.15, 0.2) is 0 Å². The number of carbonyl (C=O) groups is 5. The van der Waals surface area contributed by atoms with Gasteiger partial charge in [-0.2, -0.15) is 0 Å². The molecule has 38 heavy (non-hydrogen) atoms. The van der Waals surface area contributed by atoms with E-state index in [0.717, 1.165) is 28.7 Å². The van der Waals surface area contributed by atoms with Crippen LogP contribution in [0.3, 0.4) is 0 Å². The molecule has 4 amide bonds. The number of carbonyl (C=O) groups excluding carboxylic acids is 5. The molecule has 0 bridgehead atoms. The van der Waals surface area contributed by atoms with Crippen LogP contribution in [0.2, 0.25) is 0 Å². The third-order valence-electron chi connectivity index (χ3n) is 5.90. The Balaban J connectivity index is 1.57. The third kappa shape index (κ3) is 5.94. The number of benzene rings is 2. The zero-order valence-electron chi connectivity index (χ0n) is 20.2. The molecule has 0 spiro atoms. The highest BCUT2D eigenvalue weighted by atomic mass is 32.2. The highest BCUT2D eigenvalue weighted by Gasteiger charge is 2.35. The number of hydrogen-bond acceptors (Lipinski definition) is 11. The minimum Gasteiger partial charge on any atom is -0.432 e. The molecule has 1 aliphatic carbocycles. The molecule has 2 aromatic carbocycles. The van der Waals surface area contributed by atoms with E-state index in [1.807, 2.05) is 6.07 Å². The van der Waals surface area contributed by atoms with Crippen LogP contribution in [0.15, 0.2) is 41.3 Å². The molecule has 2 aliphatic rings. The lowest BCUT2D eigenvalue weighted by Crippen LogP contribution is -2.40. The quantitative estimate of drug-likeness (QED) is 0.139. The number of anilines is 1. The highest BCUT2D eigenvalue weighted by Crippen LogP contribution is 2.47. The van der Waals surface area contributed by atoms with Crippen molar-refractivity contribution in [3.8, 4) is 11.1 Å². The van der Waals surface area contributed by atoms with Crippen molar-refractivity contribution >= 4 is 47.5 Å². The normalized spacial score (nSPS) is 16.5. The highest BCUT2D eigenvalue weighted by molar-refractivity contribution is 7.94. The van der Waals surface area contributed by atoms with E-state index in [2.05, 4.69) is 20.0 Å². The summed E-state index contributed by atoms with van der Waals surface area (Å²) in [4.78, 5) is 64.9. The molecule has 200 valence electrons. The molecule has 1 aliphatic heterocycles. The second-order valence-electron chi connectivity index (χ2n) is 8.48. The summed E-state index contributed by atoms with van der Waals surface area (Å²) < 4.78 is 9.79. The van der Waals surface area contributed by atoms with Crippen LogP contribution < -0.4 is 10.6 Å². The molecule has 4 rings (SSSR count). The molecule has 1 saturated heterocycles. The third-order valence-corrected chi connectivity index (χ3v) is 6.47. The van der Waals surface area contributed by atoms with Crippen LogP contribution in [0.5, 0.6) is 0 Å². The van der Waals surface area contributed by atoms with Gasteiger partial charge >= 0.3 is 6.16 Å². The molecule has 0 saturated carbocycles. The van der Waals surface area contributed by atoms with Crippen LogP contribution in [0.25, 0.3) is 11.1 Å². The molecular weight excluding hydrogens is 522 g/mol. The van der Waals surface area contributed by atoms with Gasteiger partial charge < -0.3 is 15.4 Å². The van der Waals surface area contributed by atoms with Gasteiger partial charge in [0.1, 0.15) is 12.6 Å². The number of ether oxygens (including phenoxy) is 1. The Bertz CT molecular complexity index is 1280. The number of nitrogens with zero attached hydrogens (tertiary/aromatic N) is 1. The van der Waals surface area contributed by atoms with Gasteiger partial charge in [0.05, 0.1) is 12.0 Å². The summed E-state index contributed by atoms with van der Waals surface area (Å²) in [5.41, 5.74) is 3.54. The van der Waals surface area contributed by atoms with E-state index in [1.165, 1.54) is 6.92 Å². The van der Waals surface area contributed by atoms with Gasteiger partial charge in [-0.05, 0) is 53.4 Å². The standard InChI is InChI=1S/C24H23N3O10S/c1-12(25-13(2)28)23(31)26-14-3-5-16-17-6-4-15(38-37-36-33)10-19(17)20(18(16)9-14)11-34-24(32)35-27-21(29)7-8-22(27)30/h3-6,9-10,12,20,33H,7-8,11H2,1-2H3,(H,25,28)(H,26,31). The molecule has 14 heteroatoms. The summed E-state index contributed by atoms with van der Waals surface area (Å²) in [6.07, 6.45) is -1.32. The lowest BCUT2D eigenvalue weighted by Gasteiger charge is -2.17. The first-order valence-corrected chi connectivity index (χ1v) is 12.1. The van der Waals surface area contributed by atoms with Crippen molar-refractivity contribution in [2.45, 2.75) is 43.5 Å². The Morgan fingerprint density at radius 1 is 1.08 bits per heavy atom. The predicted molar refractivity (Wildman–Crippen MR) is 130 cm³/mol. The van der Waals surface area contributed by atoms with Crippen LogP contribution in [0.1, 0.15) is 43.7 Å². The van der Waals surface area contributed by atoms with Crippen LogP contribution in [-0.4, -0.2) is 52.8 Å². The number of hydrogen-bond donors (Lipinski definition) is 3. The largest absolute Gasteiger partial charge is 0.533 e. The molecule has 2 unspecified atom stereocenters. The fourth-order valence-electron chi connectivity index (χ4n) is 4.23. The molecular formula is C24H23N3O10S. The first kappa shape index (κ1) is 27.1. The average molecular weight is 546 g/mol. The summed E-state index contributed by atoms with van der Waals surface area (Å²) in [6, 6.07) is 9.76. The molecule has 1 heterocycles. The Labute approximate surface area is 220 Å². The van der Waals surface area contributed by atoms with E-state index in [9.17, 15) is 24.0 Å². The lowest BCUT2D eigenvalue weighted by atomic mass is 9.97. The summed E-state index contributed by atoms with van der Waals surface area (Å²) in [6.45, 7) is 2.64. The molecule has 13 nitrogen and oxygen atoms in total. The molecule has 3 N–H and O–H groups in total. The maximum absolute atomic E-state index is 12.5. The molecule has 0 aromatic heterocycles. The van der Waals surface area contributed by atoms with E-state index >= 15 is 0 Å². The second-order valence-corrected chi connectivity index (χ2v) is 9.25. The number of nitrogens with one attached hydrogen (secondary N) is 2. The number of rotatable bonds is 9. The Morgan fingerprint density at radius 3 is 2.39 bits per heavy atom. The maximum Gasteiger partial charge on any atom is 0.533 e. The number of imide groups is 1. The summed E-state index contributed by atoms with van der Waals surface area (Å²) in [5.74, 6) is -2.57. The smallest absolute Gasteiger partial charge is 0.432 e. The van der Waals surface area contributed by atoms with E-state index in [4.69, 9.17) is 14.8 Å². The second kappa shape index (κ2) is 11.6. The fourth-order valence-corrected chi connectivity index (χ4v) is 4.64. The first-order chi connectivity index (χ1) is 18.2. The SMILES string of the molecule is CC(=O)NC(C)C(=O)Nc1ccc2c(c1)C(COC(=O)ON1C(=O)CCC1=O)c1cc(SOOO)ccc1-2. The zero-order valence-corrected chi connectivity index (χ0v) is 21.0. The van der Waals surface area contributed by atoms with E-state index in [1.54, 1.807) is 37.3 Å². The molecule has 2 aromatic rings. The summed E-state index contributed by atoms with van der Waals surface area (Å²) >= 11 is 0.755. The van der Waals surface area contributed by atoms with Crippen LogP contribution in [0, 0.1) is 0 Å². The summed E-state index contributed by atoms with van der Waals surface area (Å²) in [5, 5.41) is 17.8. The van der Waals surface area contributed by atoms with Crippen molar-refractivity contribution < 1.29 is 48.2 Å².